The van der Waals surface area contributed by atoms with Crippen molar-refractivity contribution in [2.24, 2.45) is 11.3 Å². The minimum absolute atomic E-state index is 0.306. The van der Waals surface area contributed by atoms with E-state index in [1.54, 1.807) is 0 Å². The van der Waals surface area contributed by atoms with Crippen molar-refractivity contribution < 1.29 is 14.4 Å². The molecule has 0 bridgehead atoms. The molecule has 1 saturated heterocycles. The van der Waals surface area contributed by atoms with Crippen LogP contribution in [0.4, 0.5) is 0 Å². The highest BCUT2D eigenvalue weighted by Crippen LogP contribution is 2.62. The number of piperidine rings is 1. The molecule has 16 heavy (non-hydrogen) atoms. The highest BCUT2D eigenvalue weighted by Gasteiger charge is 2.74. The van der Waals surface area contributed by atoms with Crippen molar-refractivity contribution in [2.45, 2.75) is 38.7 Å². The Morgan fingerprint density at radius 1 is 1.19 bits per heavy atom. The van der Waals surface area contributed by atoms with Crippen molar-refractivity contribution in [3.05, 3.63) is 0 Å². The third-order valence-electron chi connectivity index (χ3n) is 4.07. The highest BCUT2D eigenvalue weighted by atomic mass is 16.7. The quantitative estimate of drug-likeness (QED) is 0.674. The fraction of sp³-hybridized carbons (Fsp3) is 0.833. The zero-order valence-corrected chi connectivity index (χ0v) is 9.94. The Balaban J connectivity index is 2.06. The zero-order chi connectivity index (χ0) is 11.8. The van der Waals surface area contributed by atoms with Crippen LogP contribution in [0.5, 0.6) is 0 Å². The van der Waals surface area contributed by atoms with E-state index in [2.05, 4.69) is 0 Å². The van der Waals surface area contributed by atoms with E-state index in [9.17, 15) is 9.59 Å². The highest BCUT2D eigenvalue weighted by molar-refractivity contribution is 5.82. The Morgan fingerprint density at radius 2 is 1.81 bits per heavy atom. The maximum absolute atomic E-state index is 11.2. The number of carbonyl (C=O) groups is 2. The molecule has 0 radical (unpaired) electrons. The van der Waals surface area contributed by atoms with Gasteiger partial charge in [-0.05, 0) is 12.8 Å². The van der Waals surface area contributed by atoms with E-state index in [0.717, 1.165) is 38.5 Å². The Labute approximate surface area is 95.9 Å². The largest absolute Gasteiger partial charge is 0.303 e. The van der Waals surface area contributed by atoms with E-state index < -0.39 is 5.60 Å². The van der Waals surface area contributed by atoms with Crippen molar-refractivity contribution in [1.29, 1.82) is 0 Å². The molecule has 0 N–H and O–H groups in total. The van der Waals surface area contributed by atoms with Crippen LogP contribution in [-0.2, 0) is 14.4 Å². The van der Waals surface area contributed by atoms with Crippen LogP contribution in [0.15, 0.2) is 0 Å². The van der Waals surface area contributed by atoms with Gasteiger partial charge in [0.2, 0.25) is 0 Å². The summed E-state index contributed by atoms with van der Waals surface area (Å²) in [5.41, 5.74) is -1.28. The number of carbonyl (C=O) groups excluding carboxylic acids is 2. The molecule has 4 nitrogen and oxygen atoms in total. The topological polar surface area (TPSA) is 46.6 Å². The molecule has 2 rings (SSSR count). The van der Waals surface area contributed by atoms with Gasteiger partial charge in [0.1, 0.15) is 6.29 Å². The minimum atomic E-state index is -0.911. The summed E-state index contributed by atoms with van der Waals surface area (Å²) < 4.78 is 0. The van der Waals surface area contributed by atoms with E-state index in [4.69, 9.17) is 4.84 Å². The van der Waals surface area contributed by atoms with Gasteiger partial charge in [-0.3, -0.25) is 9.63 Å². The van der Waals surface area contributed by atoms with Crippen LogP contribution in [0.2, 0.25) is 0 Å². The van der Waals surface area contributed by atoms with E-state index in [-0.39, 0.29) is 11.3 Å². The Morgan fingerprint density at radius 3 is 2.25 bits per heavy atom. The van der Waals surface area contributed by atoms with Gasteiger partial charge in [0.25, 0.3) is 0 Å². The summed E-state index contributed by atoms with van der Waals surface area (Å²) in [5.74, 6) is -0.306. The molecule has 2 fully saturated rings. The maximum Gasteiger partial charge on any atom is 0.160 e. The Kier molecular flexibility index (Phi) is 2.88. The van der Waals surface area contributed by atoms with Crippen LogP contribution in [0, 0.1) is 11.3 Å². The van der Waals surface area contributed by atoms with Gasteiger partial charge in [0, 0.05) is 18.5 Å². The van der Waals surface area contributed by atoms with Crippen LogP contribution < -0.4 is 0 Å². The molecule has 4 heteroatoms. The summed E-state index contributed by atoms with van der Waals surface area (Å²) in [6.45, 7) is 5.53. The molecule has 1 heterocycles. The third-order valence-corrected chi connectivity index (χ3v) is 4.07. The summed E-state index contributed by atoms with van der Waals surface area (Å²) in [6.07, 6.45) is 5.07. The minimum Gasteiger partial charge on any atom is -0.303 e. The average Bonchev–Trinajstić information content (AvgIpc) is 2.75. The first-order valence-corrected chi connectivity index (χ1v) is 5.94. The fourth-order valence-corrected chi connectivity index (χ4v) is 2.66. The molecule has 1 aliphatic carbocycles. The van der Waals surface area contributed by atoms with Crippen molar-refractivity contribution in [3.63, 3.8) is 0 Å². The first kappa shape index (κ1) is 11.7. The molecule has 0 spiro atoms. The summed E-state index contributed by atoms with van der Waals surface area (Å²) in [7, 11) is 0. The lowest BCUT2D eigenvalue weighted by Crippen LogP contribution is -2.38. The van der Waals surface area contributed by atoms with Gasteiger partial charge in [0.15, 0.2) is 11.9 Å². The number of hydrogen-bond donors (Lipinski definition) is 0. The summed E-state index contributed by atoms with van der Waals surface area (Å²) in [4.78, 5) is 28.0. The molecule has 2 atom stereocenters. The molecule has 0 aromatic rings. The Bertz CT molecular complexity index is 297. The average molecular weight is 225 g/mol. The summed E-state index contributed by atoms with van der Waals surface area (Å²) in [5, 5.41) is 1.85. The molecule has 1 aliphatic heterocycles. The van der Waals surface area contributed by atoms with Crippen molar-refractivity contribution in [1.82, 2.24) is 5.06 Å². The number of rotatable bonds is 4. The van der Waals surface area contributed by atoms with Gasteiger partial charge in [-0.2, -0.15) is 5.06 Å². The smallest absolute Gasteiger partial charge is 0.160 e. The van der Waals surface area contributed by atoms with E-state index >= 15 is 0 Å². The molecule has 0 aromatic heterocycles. The molecule has 1 saturated carbocycles. The first-order chi connectivity index (χ1) is 7.58. The standard InChI is InChI=1S/C12H19NO3/c1-11(2)10(8-14)12(11,9-15)16-13-6-4-3-5-7-13/h8-10H,3-7H2,1-2H3. The predicted molar refractivity (Wildman–Crippen MR) is 58.6 cm³/mol. The molecule has 90 valence electrons. The molecule has 2 unspecified atom stereocenters. The zero-order valence-electron chi connectivity index (χ0n) is 9.94. The second-order valence-corrected chi connectivity index (χ2v) is 5.33. The van der Waals surface area contributed by atoms with Crippen molar-refractivity contribution in [2.75, 3.05) is 13.1 Å². The van der Waals surface area contributed by atoms with Gasteiger partial charge in [-0.15, -0.1) is 0 Å². The number of aldehydes is 2. The van der Waals surface area contributed by atoms with Crippen molar-refractivity contribution in [3.8, 4) is 0 Å². The van der Waals surface area contributed by atoms with Crippen LogP contribution in [0.25, 0.3) is 0 Å². The fourth-order valence-electron chi connectivity index (χ4n) is 2.66. The van der Waals surface area contributed by atoms with Crippen LogP contribution in [0.1, 0.15) is 33.1 Å². The van der Waals surface area contributed by atoms with Gasteiger partial charge in [0.05, 0.1) is 5.92 Å². The summed E-state index contributed by atoms with van der Waals surface area (Å²) >= 11 is 0. The lowest BCUT2D eigenvalue weighted by Gasteiger charge is -2.29. The lowest BCUT2D eigenvalue weighted by molar-refractivity contribution is -0.221. The normalized spacial score (nSPS) is 38.0. The van der Waals surface area contributed by atoms with E-state index in [0.29, 0.717) is 0 Å². The molecular weight excluding hydrogens is 206 g/mol. The van der Waals surface area contributed by atoms with Crippen molar-refractivity contribution >= 4 is 12.6 Å². The SMILES string of the molecule is CC1(C)C(C=O)C1(C=O)ON1CCCCC1. The predicted octanol–water partition coefficient (Wildman–Crippen LogP) is 1.20. The molecular formula is C12H19NO3. The van der Waals surface area contributed by atoms with E-state index in [1.807, 2.05) is 18.9 Å². The number of nitrogens with zero attached hydrogens (tertiary/aromatic N) is 1. The lowest BCUT2D eigenvalue weighted by atomic mass is 10.1. The van der Waals surface area contributed by atoms with Gasteiger partial charge >= 0.3 is 0 Å². The monoisotopic (exact) mass is 225 g/mol. The third kappa shape index (κ3) is 1.52. The van der Waals surface area contributed by atoms with Crippen LogP contribution in [0.3, 0.4) is 0 Å². The number of hydroxylamine groups is 2. The number of hydrogen-bond acceptors (Lipinski definition) is 4. The first-order valence-electron chi connectivity index (χ1n) is 5.94. The van der Waals surface area contributed by atoms with Gasteiger partial charge in [-0.25, -0.2) is 0 Å². The van der Waals surface area contributed by atoms with Gasteiger partial charge in [-0.1, -0.05) is 20.3 Å². The maximum atomic E-state index is 11.2. The molecule has 0 amide bonds. The van der Waals surface area contributed by atoms with Crippen LogP contribution >= 0.6 is 0 Å². The van der Waals surface area contributed by atoms with Gasteiger partial charge < -0.3 is 4.79 Å². The Hall–Kier alpha value is -0.740. The summed E-state index contributed by atoms with van der Waals surface area (Å²) in [6, 6.07) is 0. The van der Waals surface area contributed by atoms with Crippen LogP contribution in [-0.4, -0.2) is 36.3 Å². The second kappa shape index (κ2) is 3.93. The molecule has 2 aliphatic rings. The van der Waals surface area contributed by atoms with E-state index in [1.165, 1.54) is 6.42 Å². The molecule has 0 aromatic carbocycles. The second-order valence-electron chi connectivity index (χ2n) is 5.33.